The number of hydrogen-bond acceptors (Lipinski definition) is 4. The summed E-state index contributed by atoms with van der Waals surface area (Å²) in [6.07, 6.45) is 6.11. The molecule has 4 rings (SSSR count). The van der Waals surface area contributed by atoms with E-state index in [0.717, 1.165) is 35.9 Å². The van der Waals surface area contributed by atoms with Gasteiger partial charge in [-0.1, -0.05) is 31.5 Å². The molecule has 1 N–H and O–H groups in total. The Morgan fingerprint density at radius 3 is 2.69 bits per heavy atom. The van der Waals surface area contributed by atoms with E-state index in [2.05, 4.69) is 15.3 Å². The van der Waals surface area contributed by atoms with Crippen LogP contribution in [-0.4, -0.2) is 51.3 Å². The summed E-state index contributed by atoms with van der Waals surface area (Å²) < 4.78 is 3.24. The lowest BCUT2D eigenvalue weighted by Gasteiger charge is -2.27. The van der Waals surface area contributed by atoms with Crippen LogP contribution in [0, 0.1) is 0 Å². The van der Waals surface area contributed by atoms with Gasteiger partial charge in [0.25, 0.3) is 5.56 Å². The van der Waals surface area contributed by atoms with Crippen LogP contribution in [0.15, 0.2) is 35.3 Å². The summed E-state index contributed by atoms with van der Waals surface area (Å²) in [5.41, 5.74) is 1.26. The average molecular weight is 396 g/mol. The lowest BCUT2D eigenvalue weighted by atomic mass is 10.1. The molecule has 1 aromatic carbocycles. The van der Waals surface area contributed by atoms with Gasteiger partial charge in [0.15, 0.2) is 0 Å². The van der Waals surface area contributed by atoms with Gasteiger partial charge in [-0.25, -0.2) is 4.68 Å². The van der Waals surface area contributed by atoms with Crippen LogP contribution in [-0.2, 0) is 11.8 Å². The second kappa shape index (κ2) is 8.37. The Hall–Kier alpha value is -2.67. The van der Waals surface area contributed by atoms with E-state index in [0.29, 0.717) is 18.5 Å². The van der Waals surface area contributed by atoms with E-state index in [4.69, 9.17) is 0 Å². The largest absolute Gasteiger partial charge is 0.353 e. The van der Waals surface area contributed by atoms with Crippen molar-refractivity contribution >= 4 is 27.7 Å². The van der Waals surface area contributed by atoms with Crippen LogP contribution in [0.3, 0.4) is 0 Å². The Balaban J connectivity index is 1.66. The summed E-state index contributed by atoms with van der Waals surface area (Å²) in [7, 11) is 1.64. The number of carbonyl (C=O) groups is 1. The van der Waals surface area contributed by atoms with Gasteiger partial charge in [0.05, 0.1) is 11.7 Å². The molecule has 1 aliphatic rings. The van der Waals surface area contributed by atoms with E-state index in [1.165, 1.54) is 23.9 Å². The van der Waals surface area contributed by atoms with Crippen molar-refractivity contribution < 1.29 is 4.79 Å². The molecule has 7 nitrogen and oxygen atoms in total. The quantitative estimate of drug-likeness (QED) is 0.696. The van der Waals surface area contributed by atoms with Crippen molar-refractivity contribution in [2.75, 3.05) is 26.2 Å². The number of rotatable bonds is 6. The first-order chi connectivity index (χ1) is 14.1. The molecule has 29 heavy (non-hydrogen) atoms. The van der Waals surface area contributed by atoms with Gasteiger partial charge < -0.3 is 14.8 Å². The van der Waals surface area contributed by atoms with Crippen LogP contribution in [0.25, 0.3) is 21.8 Å². The number of fused-ring (bicyclic) bond motifs is 3. The van der Waals surface area contributed by atoms with Gasteiger partial charge in [0.1, 0.15) is 11.6 Å². The van der Waals surface area contributed by atoms with E-state index >= 15 is 0 Å². The normalized spacial score (nSPS) is 16.3. The summed E-state index contributed by atoms with van der Waals surface area (Å²) in [6.45, 7) is 5.72. The number of carbonyl (C=O) groups excluding carboxylic acids is 1. The number of amides is 1. The number of para-hydroxylation sites is 1. The number of likely N-dealkylation sites (tertiary alicyclic amines) is 1. The Bertz CT molecular complexity index is 1080. The van der Waals surface area contributed by atoms with Crippen LogP contribution in [0.1, 0.15) is 38.6 Å². The van der Waals surface area contributed by atoms with E-state index in [1.54, 1.807) is 13.2 Å². The van der Waals surface area contributed by atoms with Crippen molar-refractivity contribution in [3.63, 3.8) is 0 Å². The second-order valence-electron chi connectivity index (χ2n) is 7.84. The van der Waals surface area contributed by atoms with Crippen LogP contribution in [0.4, 0.5) is 0 Å². The molecule has 1 unspecified atom stereocenters. The Kier molecular flexibility index (Phi) is 5.67. The molecule has 3 heterocycles. The van der Waals surface area contributed by atoms with Crippen LogP contribution in [0.5, 0.6) is 0 Å². The molecule has 3 aromatic rings. The molecule has 1 amide bonds. The zero-order valence-corrected chi connectivity index (χ0v) is 17.2. The fourth-order valence-corrected chi connectivity index (χ4v) is 4.44. The van der Waals surface area contributed by atoms with Gasteiger partial charge in [0.2, 0.25) is 5.91 Å². The third-order valence-electron chi connectivity index (χ3n) is 5.98. The summed E-state index contributed by atoms with van der Waals surface area (Å²) in [6, 6.07) is 7.41. The fraction of sp³-hybridized carbons (Fsp3) is 0.500. The van der Waals surface area contributed by atoms with Crippen molar-refractivity contribution in [3.05, 3.63) is 40.8 Å². The molecule has 1 saturated heterocycles. The zero-order chi connectivity index (χ0) is 20.4. The predicted octanol–water partition coefficient (Wildman–Crippen LogP) is 2.44. The molecule has 7 heteroatoms. The highest BCUT2D eigenvalue weighted by Crippen LogP contribution is 2.30. The van der Waals surface area contributed by atoms with E-state index in [1.807, 2.05) is 35.8 Å². The number of nitrogens with one attached hydrogen (secondary N) is 1. The molecule has 0 aliphatic carbocycles. The maximum atomic E-state index is 13.1. The van der Waals surface area contributed by atoms with Gasteiger partial charge in [0, 0.05) is 30.9 Å². The first-order valence-corrected chi connectivity index (χ1v) is 10.6. The number of aryl methyl sites for hydroxylation is 1. The zero-order valence-electron chi connectivity index (χ0n) is 17.2. The molecule has 1 fully saturated rings. The molecule has 0 radical (unpaired) electrons. The monoisotopic (exact) mass is 395 g/mol. The number of aromatic nitrogens is 3. The molecule has 0 bridgehead atoms. The third kappa shape index (κ3) is 3.67. The molecule has 2 aromatic heterocycles. The summed E-state index contributed by atoms with van der Waals surface area (Å²) >= 11 is 0. The van der Waals surface area contributed by atoms with E-state index in [9.17, 15) is 9.59 Å². The number of piperidine rings is 1. The summed E-state index contributed by atoms with van der Waals surface area (Å²) in [4.78, 5) is 28.5. The molecule has 1 atom stereocenters. The molecular formula is C22H29N5O2. The van der Waals surface area contributed by atoms with Crippen LogP contribution < -0.4 is 10.9 Å². The molecular weight excluding hydrogens is 366 g/mol. The van der Waals surface area contributed by atoms with Gasteiger partial charge in [-0.2, -0.15) is 5.10 Å². The van der Waals surface area contributed by atoms with Crippen molar-refractivity contribution in [1.29, 1.82) is 0 Å². The molecule has 1 aliphatic heterocycles. The summed E-state index contributed by atoms with van der Waals surface area (Å²) in [5.74, 6) is -0.0361. The van der Waals surface area contributed by atoms with Crippen molar-refractivity contribution in [2.45, 2.75) is 38.6 Å². The standard InChI is InChI=1S/C22H29N5O2/c1-3-18(21(28)23-11-14-26-12-7-4-8-13-26)27-19-10-6-5-9-16(19)17-15-24-25(2)22(29)20(17)27/h5-6,9-10,15,18H,3-4,7-8,11-14H2,1-2H3,(H,23,28). The van der Waals surface area contributed by atoms with E-state index < -0.39 is 6.04 Å². The predicted molar refractivity (Wildman–Crippen MR) is 115 cm³/mol. The van der Waals surface area contributed by atoms with Crippen LogP contribution in [0.2, 0.25) is 0 Å². The molecule has 0 saturated carbocycles. The Morgan fingerprint density at radius 2 is 1.93 bits per heavy atom. The lowest BCUT2D eigenvalue weighted by molar-refractivity contribution is -0.124. The van der Waals surface area contributed by atoms with Crippen molar-refractivity contribution in [2.24, 2.45) is 7.05 Å². The van der Waals surface area contributed by atoms with Gasteiger partial charge in [-0.3, -0.25) is 9.59 Å². The minimum atomic E-state index is -0.436. The third-order valence-corrected chi connectivity index (χ3v) is 5.98. The highest BCUT2D eigenvalue weighted by atomic mass is 16.2. The number of hydrogen-bond donors (Lipinski definition) is 1. The minimum absolute atomic E-state index is 0.0361. The maximum absolute atomic E-state index is 13.1. The highest BCUT2D eigenvalue weighted by molar-refractivity contribution is 6.08. The Labute approximate surface area is 170 Å². The molecule has 154 valence electrons. The van der Waals surface area contributed by atoms with E-state index in [-0.39, 0.29) is 11.5 Å². The highest BCUT2D eigenvalue weighted by Gasteiger charge is 2.25. The first kappa shape index (κ1) is 19.6. The number of nitrogens with zero attached hydrogens (tertiary/aromatic N) is 4. The van der Waals surface area contributed by atoms with Gasteiger partial charge in [-0.15, -0.1) is 0 Å². The smallest absolute Gasteiger partial charge is 0.291 e. The van der Waals surface area contributed by atoms with Crippen molar-refractivity contribution in [1.82, 2.24) is 24.6 Å². The Morgan fingerprint density at radius 1 is 1.17 bits per heavy atom. The SMILES string of the molecule is CCC(C(=O)NCCN1CCCCC1)n1c2ccccc2c2cnn(C)c(=O)c21. The second-order valence-corrected chi connectivity index (χ2v) is 7.84. The van der Waals surface area contributed by atoms with Gasteiger partial charge in [-0.05, 0) is 38.4 Å². The summed E-state index contributed by atoms with van der Waals surface area (Å²) in [5, 5.41) is 9.04. The van der Waals surface area contributed by atoms with Crippen LogP contribution >= 0.6 is 0 Å². The average Bonchev–Trinajstić information content (AvgIpc) is 3.07. The number of benzene rings is 1. The topological polar surface area (TPSA) is 72.2 Å². The maximum Gasteiger partial charge on any atom is 0.291 e. The van der Waals surface area contributed by atoms with Crippen molar-refractivity contribution in [3.8, 4) is 0 Å². The lowest BCUT2D eigenvalue weighted by Crippen LogP contribution is -2.40. The van der Waals surface area contributed by atoms with Gasteiger partial charge >= 0.3 is 0 Å². The minimum Gasteiger partial charge on any atom is -0.353 e. The molecule has 0 spiro atoms. The first-order valence-electron chi connectivity index (χ1n) is 10.6. The fourth-order valence-electron chi connectivity index (χ4n) is 4.44.